The van der Waals surface area contributed by atoms with Crippen LogP contribution in [0.3, 0.4) is 0 Å². The highest BCUT2D eigenvalue weighted by Crippen LogP contribution is 2.34. The summed E-state index contributed by atoms with van der Waals surface area (Å²) >= 11 is 5.74. The van der Waals surface area contributed by atoms with Gasteiger partial charge in [-0.3, -0.25) is 4.79 Å². The van der Waals surface area contributed by atoms with E-state index in [-0.39, 0.29) is 18.2 Å². The van der Waals surface area contributed by atoms with Gasteiger partial charge in [-0.05, 0) is 6.92 Å². The lowest BCUT2D eigenvalue weighted by Gasteiger charge is -2.36. The van der Waals surface area contributed by atoms with E-state index in [1.54, 1.807) is 6.92 Å². The summed E-state index contributed by atoms with van der Waals surface area (Å²) in [5, 5.41) is 31.4. The zero-order chi connectivity index (χ0) is 14.2. The van der Waals surface area contributed by atoms with Crippen LogP contribution < -0.4 is 5.32 Å². The molecule has 0 radical (unpaired) electrons. The Bertz CT molecular complexity index is 399. The highest BCUT2D eigenvalue weighted by Gasteiger charge is 2.50. The van der Waals surface area contributed by atoms with Gasteiger partial charge in [0.2, 0.25) is 6.35 Å². The van der Waals surface area contributed by atoms with Crippen molar-refractivity contribution in [3.8, 4) is 0 Å². The third-order valence-corrected chi connectivity index (χ3v) is 3.93. The van der Waals surface area contributed by atoms with E-state index in [1.165, 1.54) is 11.1 Å². The minimum Gasteiger partial charge on any atom is -0.393 e. The summed E-state index contributed by atoms with van der Waals surface area (Å²) < 4.78 is 5.59. The Balaban J connectivity index is 2.18. The van der Waals surface area contributed by atoms with E-state index < -0.39 is 30.9 Å². The van der Waals surface area contributed by atoms with Gasteiger partial charge in [0.15, 0.2) is 0 Å². The monoisotopic (exact) mass is 292 g/mol. The second kappa shape index (κ2) is 5.26. The molecule has 7 nitrogen and oxygen atoms in total. The fraction of sp³-hybridized carbons (Fsp3) is 0.727. The molecule has 4 atom stereocenters. The van der Waals surface area contributed by atoms with Crippen molar-refractivity contribution in [3.63, 3.8) is 0 Å². The van der Waals surface area contributed by atoms with Gasteiger partial charge in [-0.25, -0.2) is 0 Å². The van der Waals surface area contributed by atoms with Gasteiger partial charge in [-0.1, -0.05) is 0 Å². The fourth-order valence-electron chi connectivity index (χ4n) is 2.19. The van der Waals surface area contributed by atoms with Crippen molar-refractivity contribution < 1.29 is 24.9 Å². The molecule has 0 saturated carbocycles. The second-order valence-electron chi connectivity index (χ2n) is 4.79. The Kier molecular flexibility index (Phi) is 4.03. The molecular weight excluding hydrogens is 276 g/mol. The fourth-order valence-corrected chi connectivity index (χ4v) is 2.52. The van der Waals surface area contributed by atoms with Crippen LogP contribution in [0.25, 0.3) is 0 Å². The highest BCUT2D eigenvalue weighted by atomic mass is 35.5. The van der Waals surface area contributed by atoms with Crippen molar-refractivity contribution in [2.45, 2.75) is 37.6 Å². The molecule has 1 amide bonds. The van der Waals surface area contributed by atoms with Crippen molar-refractivity contribution in [1.82, 2.24) is 10.2 Å². The average molecular weight is 293 g/mol. The molecule has 19 heavy (non-hydrogen) atoms. The number of hydrogen-bond acceptors (Lipinski definition) is 6. The van der Waals surface area contributed by atoms with Gasteiger partial charge in [0.25, 0.3) is 5.91 Å². The van der Waals surface area contributed by atoms with Gasteiger partial charge in [-0.2, -0.15) is 0 Å². The molecule has 0 bridgehead atoms. The molecular formula is C11H17ClN2O5. The van der Waals surface area contributed by atoms with E-state index in [0.717, 1.165) is 0 Å². The molecule has 2 aliphatic heterocycles. The number of carbonyl (C=O) groups is 1. The molecule has 8 heteroatoms. The van der Waals surface area contributed by atoms with Crippen LogP contribution in [0.4, 0.5) is 0 Å². The SMILES string of the molecule is CC1=CN([C@H]2C[C@H](O)[C@](CO)(CCl)O2)C(O)NC1=O. The van der Waals surface area contributed by atoms with E-state index in [1.807, 2.05) is 0 Å². The van der Waals surface area contributed by atoms with E-state index in [4.69, 9.17) is 16.3 Å². The molecule has 2 heterocycles. The third-order valence-electron chi connectivity index (χ3n) is 3.47. The first-order valence-corrected chi connectivity index (χ1v) is 6.44. The van der Waals surface area contributed by atoms with Crippen LogP contribution >= 0.6 is 11.6 Å². The maximum Gasteiger partial charge on any atom is 0.251 e. The number of alkyl halides is 1. The van der Waals surface area contributed by atoms with Crippen LogP contribution in [-0.4, -0.2) is 62.9 Å². The van der Waals surface area contributed by atoms with Crippen molar-refractivity contribution >= 4 is 17.5 Å². The summed E-state index contributed by atoms with van der Waals surface area (Å²) in [5.41, 5.74) is -0.828. The predicted molar refractivity (Wildman–Crippen MR) is 65.8 cm³/mol. The lowest BCUT2D eigenvalue weighted by Crippen LogP contribution is -2.54. The first kappa shape index (κ1) is 14.5. The van der Waals surface area contributed by atoms with Gasteiger partial charge in [0.1, 0.15) is 11.8 Å². The van der Waals surface area contributed by atoms with Crippen LogP contribution in [-0.2, 0) is 9.53 Å². The van der Waals surface area contributed by atoms with Gasteiger partial charge < -0.3 is 30.3 Å². The topological polar surface area (TPSA) is 102 Å². The maximum absolute atomic E-state index is 11.4. The Hall–Kier alpha value is -0.860. The van der Waals surface area contributed by atoms with Crippen LogP contribution in [0.5, 0.6) is 0 Å². The first-order chi connectivity index (χ1) is 8.93. The van der Waals surface area contributed by atoms with Crippen LogP contribution in [0, 0.1) is 0 Å². The molecule has 108 valence electrons. The molecule has 1 saturated heterocycles. The predicted octanol–water partition coefficient (Wildman–Crippen LogP) is -1.32. The molecule has 0 aromatic rings. The number of nitrogens with one attached hydrogen (secondary N) is 1. The molecule has 2 aliphatic rings. The Morgan fingerprint density at radius 2 is 2.32 bits per heavy atom. The smallest absolute Gasteiger partial charge is 0.251 e. The van der Waals surface area contributed by atoms with Gasteiger partial charge >= 0.3 is 0 Å². The Morgan fingerprint density at radius 3 is 2.84 bits per heavy atom. The van der Waals surface area contributed by atoms with Gasteiger partial charge in [0, 0.05) is 18.2 Å². The highest BCUT2D eigenvalue weighted by molar-refractivity contribution is 6.18. The second-order valence-corrected chi connectivity index (χ2v) is 5.05. The summed E-state index contributed by atoms with van der Waals surface area (Å²) in [6, 6.07) is 0. The van der Waals surface area contributed by atoms with E-state index >= 15 is 0 Å². The van der Waals surface area contributed by atoms with Crippen molar-refractivity contribution in [2.75, 3.05) is 12.5 Å². The largest absolute Gasteiger partial charge is 0.393 e. The summed E-state index contributed by atoms with van der Waals surface area (Å²) in [7, 11) is 0. The standard InChI is InChI=1S/C11H17ClN2O5/c1-6-3-14(10(18)13-9(6)17)8-2-7(16)11(4-12,5-15)19-8/h3,7-8,10,15-16,18H,2,4-5H2,1H3,(H,13,17)/t7-,8+,10?,11+/m0/s1. The number of aliphatic hydroxyl groups is 3. The number of amides is 1. The lowest BCUT2D eigenvalue weighted by molar-refractivity contribution is -0.164. The van der Waals surface area contributed by atoms with Crippen molar-refractivity contribution in [1.29, 1.82) is 0 Å². The molecule has 0 spiro atoms. The third kappa shape index (κ3) is 2.44. The van der Waals surface area contributed by atoms with E-state index in [0.29, 0.717) is 5.57 Å². The number of hydrogen-bond donors (Lipinski definition) is 4. The molecule has 1 fully saturated rings. The zero-order valence-electron chi connectivity index (χ0n) is 10.4. The first-order valence-electron chi connectivity index (χ1n) is 5.91. The summed E-state index contributed by atoms with van der Waals surface area (Å²) in [6.07, 6.45) is -1.23. The zero-order valence-corrected chi connectivity index (χ0v) is 11.2. The summed E-state index contributed by atoms with van der Waals surface area (Å²) in [6.45, 7) is 1.17. The maximum atomic E-state index is 11.4. The molecule has 0 aromatic carbocycles. The van der Waals surface area contributed by atoms with E-state index in [9.17, 15) is 20.1 Å². The van der Waals surface area contributed by atoms with Crippen molar-refractivity contribution in [2.24, 2.45) is 0 Å². The molecule has 0 aromatic heterocycles. The number of halogens is 1. The minimum absolute atomic E-state index is 0.0693. The minimum atomic E-state index is -1.24. The Morgan fingerprint density at radius 1 is 1.63 bits per heavy atom. The molecule has 4 N–H and O–H groups in total. The molecule has 1 unspecified atom stereocenters. The quantitative estimate of drug-likeness (QED) is 0.481. The number of carbonyl (C=O) groups excluding carboxylic acids is 1. The summed E-state index contributed by atoms with van der Waals surface area (Å²) in [4.78, 5) is 12.7. The van der Waals surface area contributed by atoms with Crippen LogP contribution in [0.2, 0.25) is 0 Å². The van der Waals surface area contributed by atoms with E-state index in [2.05, 4.69) is 5.32 Å². The average Bonchev–Trinajstić information content (AvgIpc) is 2.71. The van der Waals surface area contributed by atoms with Crippen molar-refractivity contribution in [3.05, 3.63) is 11.8 Å². The van der Waals surface area contributed by atoms with Gasteiger partial charge in [0.05, 0.1) is 18.6 Å². The summed E-state index contributed by atoms with van der Waals surface area (Å²) in [5.74, 6) is -0.437. The number of rotatable bonds is 3. The van der Waals surface area contributed by atoms with Gasteiger partial charge in [-0.15, -0.1) is 11.6 Å². The number of aliphatic hydroxyl groups excluding tert-OH is 3. The molecule has 2 rings (SSSR count). The number of nitrogens with zero attached hydrogens (tertiary/aromatic N) is 1. The van der Waals surface area contributed by atoms with Crippen LogP contribution in [0.15, 0.2) is 11.8 Å². The lowest BCUT2D eigenvalue weighted by atomic mass is 10.0. The Labute approximate surface area is 115 Å². The van der Waals surface area contributed by atoms with Crippen LogP contribution in [0.1, 0.15) is 13.3 Å². The molecule has 0 aliphatic carbocycles. The number of ether oxygens (including phenoxy) is 1. The normalized spacial score (nSPS) is 39.2.